The number of nitrogens with two attached hydrogens (primary N) is 1. The lowest BCUT2D eigenvalue weighted by Crippen LogP contribution is -2.38. The highest BCUT2D eigenvalue weighted by Crippen LogP contribution is 2.13. The van der Waals surface area contributed by atoms with E-state index in [-0.39, 0.29) is 7.43 Å². The molecule has 0 bridgehead atoms. The van der Waals surface area contributed by atoms with Crippen LogP contribution in [0.2, 0.25) is 0 Å². The minimum atomic E-state index is 0. The number of hydrazine groups is 1. The van der Waals surface area contributed by atoms with Crippen LogP contribution in [0.5, 0.6) is 11.5 Å². The van der Waals surface area contributed by atoms with Crippen LogP contribution in [0.1, 0.15) is 58.1 Å². The Labute approximate surface area is 182 Å². The topological polar surface area (TPSA) is 95.4 Å². The van der Waals surface area contributed by atoms with E-state index in [2.05, 4.69) is 6.92 Å². The van der Waals surface area contributed by atoms with E-state index >= 15 is 0 Å². The van der Waals surface area contributed by atoms with Gasteiger partial charge < -0.3 is 14.9 Å². The van der Waals surface area contributed by atoms with Crippen molar-refractivity contribution in [1.29, 1.82) is 10.8 Å². The SMILES string of the molecule is C.CCCCCCN(N)C(=N)c1ccc(OC)cc1.COc1ccc(C(C)=N)cc1. The van der Waals surface area contributed by atoms with Crippen LogP contribution in [0.4, 0.5) is 0 Å². The molecule has 6 nitrogen and oxygen atoms in total. The van der Waals surface area contributed by atoms with Gasteiger partial charge in [-0.1, -0.05) is 33.6 Å². The highest BCUT2D eigenvalue weighted by Gasteiger charge is 2.07. The maximum absolute atomic E-state index is 8.00. The van der Waals surface area contributed by atoms with Gasteiger partial charge >= 0.3 is 0 Å². The number of rotatable bonds is 9. The van der Waals surface area contributed by atoms with Gasteiger partial charge in [0.2, 0.25) is 0 Å². The van der Waals surface area contributed by atoms with Crippen molar-refractivity contribution < 1.29 is 9.47 Å². The number of benzene rings is 2. The summed E-state index contributed by atoms with van der Waals surface area (Å²) < 4.78 is 10.1. The van der Waals surface area contributed by atoms with Crippen molar-refractivity contribution in [3.05, 3.63) is 59.7 Å². The third-order valence-corrected chi connectivity index (χ3v) is 4.43. The second-order valence-corrected chi connectivity index (χ2v) is 6.68. The number of hydrogen-bond donors (Lipinski definition) is 3. The molecule has 30 heavy (non-hydrogen) atoms. The molecule has 0 saturated carbocycles. The number of ether oxygens (including phenoxy) is 2. The minimum Gasteiger partial charge on any atom is -0.497 e. The van der Waals surface area contributed by atoms with Crippen molar-refractivity contribution in [3.63, 3.8) is 0 Å². The molecule has 0 aromatic heterocycles. The fraction of sp³-hybridized carbons (Fsp3) is 0.417. The van der Waals surface area contributed by atoms with E-state index in [4.69, 9.17) is 26.1 Å². The van der Waals surface area contributed by atoms with Crippen LogP contribution in [-0.2, 0) is 0 Å². The van der Waals surface area contributed by atoms with E-state index in [9.17, 15) is 0 Å². The largest absolute Gasteiger partial charge is 0.497 e. The molecule has 0 aliphatic rings. The van der Waals surface area contributed by atoms with E-state index in [1.807, 2.05) is 48.5 Å². The molecule has 0 fully saturated rings. The number of nitrogens with one attached hydrogen (secondary N) is 2. The van der Waals surface area contributed by atoms with E-state index in [0.29, 0.717) is 11.5 Å². The summed E-state index contributed by atoms with van der Waals surface area (Å²) in [6.07, 6.45) is 4.63. The molecule has 2 rings (SSSR count). The molecule has 0 heterocycles. The lowest BCUT2D eigenvalue weighted by atomic mass is 10.1. The van der Waals surface area contributed by atoms with Gasteiger partial charge in [0.25, 0.3) is 0 Å². The van der Waals surface area contributed by atoms with Crippen LogP contribution in [-0.4, -0.2) is 37.3 Å². The summed E-state index contributed by atoms with van der Waals surface area (Å²) in [5, 5.41) is 16.8. The van der Waals surface area contributed by atoms with E-state index in [1.54, 1.807) is 21.1 Å². The summed E-state index contributed by atoms with van der Waals surface area (Å²) >= 11 is 0. The summed E-state index contributed by atoms with van der Waals surface area (Å²) in [4.78, 5) is 0. The Balaban J connectivity index is 0.000000603. The minimum absolute atomic E-state index is 0. The molecule has 2 aromatic rings. The van der Waals surface area contributed by atoms with Crippen molar-refractivity contribution in [3.8, 4) is 11.5 Å². The molecular weight excluding hydrogens is 376 g/mol. The van der Waals surface area contributed by atoms with Crippen molar-refractivity contribution in [2.75, 3.05) is 20.8 Å². The van der Waals surface area contributed by atoms with E-state index in [1.165, 1.54) is 24.3 Å². The first-order valence-corrected chi connectivity index (χ1v) is 9.87. The van der Waals surface area contributed by atoms with Gasteiger partial charge in [-0.3, -0.25) is 10.4 Å². The Bertz CT molecular complexity index is 743. The Morgan fingerprint density at radius 3 is 1.70 bits per heavy atom. The summed E-state index contributed by atoms with van der Waals surface area (Å²) in [6.45, 7) is 4.67. The predicted molar refractivity (Wildman–Crippen MR) is 127 cm³/mol. The van der Waals surface area contributed by atoms with Crippen molar-refractivity contribution in [1.82, 2.24) is 5.01 Å². The van der Waals surface area contributed by atoms with E-state index in [0.717, 1.165) is 35.6 Å². The molecule has 0 amide bonds. The third-order valence-electron chi connectivity index (χ3n) is 4.43. The first-order valence-electron chi connectivity index (χ1n) is 9.87. The van der Waals surface area contributed by atoms with Gasteiger partial charge in [-0.05, 0) is 67.4 Å². The fourth-order valence-corrected chi connectivity index (χ4v) is 2.58. The second-order valence-electron chi connectivity index (χ2n) is 6.68. The zero-order chi connectivity index (χ0) is 21.6. The van der Waals surface area contributed by atoms with Gasteiger partial charge in [0.1, 0.15) is 17.3 Å². The van der Waals surface area contributed by atoms with Crippen molar-refractivity contribution in [2.45, 2.75) is 47.0 Å². The lowest BCUT2D eigenvalue weighted by Gasteiger charge is -2.19. The smallest absolute Gasteiger partial charge is 0.142 e. The zero-order valence-electron chi connectivity index (χ0n) is 18.0. The molecule has 0 saturated heterocycles. The maximum atomic E-state index is 8.00. The highest BCUT2D eigenvalue weighted by molar-refractivity contribution is 5.96. The number of unbranched alkanes of at least 4 members (excludes halogenated alkanes) is 3. The number of hydrogen-bond acceptors (Lipinski definition) is 5. The summed E-state index contributed by atoms with van der Waals surface area (Å²) in [7, 11) is 3.26. The van der Waals surface area contributed by atoms with Gasteiger partial charge in [-0.2, -0.15) is 0 Å². The van der Waals surface area contributed by atoms with Crippen LogP contribution >= 0.6 is 0 Å². The van der Waals surface area contributed by atoms with Gasteiger partial charge in [0.05, 0.1) is 14.2 Å². The first kappa shape index (κ1) is 27.1. The Kier molecular flexibility index (Phi) is 13.6. The van der Waals surface area contributed by atoms with Gasteiger partial charge in [-0.15, -0.1) is 0 Å². The van der Waals surface area contributed by atoms with Gasteiger partial charge in [0, 0.05) is 17.8 Å². The van der Waals surface area contributed by atoms with Gasteiger partial charge in [0.15, 0.2) is 0 Å². The van der Waals surface area contributed by atoms with Crippen LogP contribution in [0, 0.1) is 10.8 Å². The second kappa shape index (κ2) is 15.0. The Hall–Kier alpha value is -2.86. The Morgan fingerprint density at radius 2 is 1.30 bits per heavy atom. The summed E-state index contributed by atoms with van der Waals surface area (Å²) in [5.41, 5.74) is 2.33. The molecule has 0 spiro atoms. The average Bonchev–Trinajstić information content (AvgIpc) is 2.76. The highest BCUT2D eigenvalue weighted by atomic mass is 16.5. The Morgan fingerprint density at radius 1 is 0.833 bits per heavy atom. The quantitative estimate of drug-likeness (QED) is 0.166. The average molecular weight is 415 g/mol. The standard InChI is InChI=1S/C14H23N3O.C9H11NO.CH4/c1-3-4-5-6-11-17(16)14(15)12-7-9-13(18-2)10-8-12;1-7(10)8-3-5-9(11-2)6-4-8;/h7-10,15H,3-6,11,16H2,1-2H3;3-6,10H,1-2H3;1H4. The normalized spacial score (nSPS) is 9.50. The molecule has 0 aliphatic heterocycles. The number of methoxy groups -OCH3 is 2. The molecule has 6 heteroatoms. The van der Waals surface area contributed by atoms with E-state index < -0.39 is 0 Å². The predicted octanol–water partition coefficient (Wildman–Crippen LogP) is 5.50. The van der Waals surface area contributed by atoms with Crippen LogP contribution in [0.25, 0.3) is 0 Å². The molecule has 166 valence electrons. The number of nitrogens with zero attached hydrogens (tertiary/aromatic N) is 1. The van der Waals surface area contributed by atoms with Crippen molar-refractivity contribution in [2.24, 2.45) is 5.84 Å². The fourth-order valence-electron chi connectivity index (χ4n) is 2.58. The molecule has 0 unspecified atom stereocenters. The molecule has 0 atom stereocenters. The monoisotopic (exact) mass is 414 g/mol. The van der Waals surface area contributed by atoms with Gasteiger partial charge in [-0.25, -0.2) is 5.84 Å². The molecular formula is C24H38N4O2. The summed E-state index contributed by atoms with van der Waals surface area (Å²) in [6, 6.07) is 14.9. The first-order chi connectivity index (χ1) is 13.9. The lowest BCUT2D eigenvalue weighted by molar-refractivity contribution is 0.413. The maximum Gasteiger partial charge on any atom is 0.142 e. The summed E-state index contributed by atoms with van der Waals surface area (Å²) in [5.74, 6) is 7.85. The molecule has 2 aromatic carbocycles. The van der Waals surface area contributed by atoms with Crippen LogP contribution in [0.3, 0.4) is 0 Å². The molecule has 0 aliphatic carbocycles. The van der Waals surface area contributed by atoms with Crippen molar-refractivity contribution >= 4 is 11.5 Å². The zero-order valence-corrected chi connectivity index (χ0v) is 18.0. The third kappa shape index (κ3) is 9.56. The molecule has 0 radical (unpaired) electrons. The molecule has 4 N–H and O–H groups in total. The van der Waals surface area contributed by atoms with Crippen LogP contribution < -0.4 is 15.3 Å². The van der Waals surface area contributed by atoms with Crippen LogP contribution in [0.15, 0.2) is 48.5 Å². The number of amidine groups is 1.